The van der Waals surface area contributed by atoms with E-state index in [1.165, 1.54) is 5.56 Å². The molecule has 1 heterocycles. The van der Waals surface area contributed by atoms with E-state index in [-0.39, 0.29) is 11.9 Å². The molecule has 1 atom stereocenters. The molecule has 0 radical (unpaired) electrons. The normalized spacial score (nSPS) is 19.8. The first-order chi connectivity index (χ1) is 8.66. The van der Waals surface area contributed by atoms with Gasteiger partial charge < -0.3 is 10.6 Å². The number of carbonyl (C=O) groups excluding carboxylic acids is 1. The molecule has 3 nitrogen and oxygen atoms in total. The second-order valence-electron chi connectivity index (χ2n) is 4.85. The third-order valence-corrected chi connectivity index (χ3v) is 4.14. The molecule has 1 unspecified atom stereocenters. The summed E-state index contributed by atoms with van der Waals surface area (Å²) in [7, 11) is 0. The average Bonchev–Trinajstić information content (AvgIpc) is 2.40. The number of hydrogen-bond acceptors (Lipinski definition) is 3. The fourth-order valence-electron chi connectivity index (χ4n) is 1.91. The molecule has 18 heavy (non-hydrogen) atoms. The Morgan fingerprint density at radius 3 is 2.67 bits per heavy atom. The molecular formula is C14H20N2OS. The fourth-order valence-corrected chi connectivity index (χ4v) is 2.85. The van der Waals surface area contributed by atoms with Gasteiger partial charge in [0, 0.05) is 23.7 Å². The van der Waals surface area contributed by atoms with Gasteiger partial charge in [0.15, 0.2) is 0 Å². The maximum absolute atomic E-state index is 12.0. The monoisotopic (exact) mass is 264 g/mol. The van der Waals surface area contributed by atoms with Gasteiger partial charge in [-0.15, -0.1) is 0 Å². The standard InChI is InChI=1S/C14H20N2OS/c1-10(2)11-3-5-12(6-4-11)16-14(17)13-9-18-8-7-15-13/h3-6,10,13,15H,7-9H2,1-2H3,(H,16,17). The summed E-state index contributed by atoms with van der Waals surface area (Å²) in [6.45, 7) is 5.24. The van der Waals surface area contributed by atoms with Crippen LogP contribution in [-0.4, -0.2) is 30.0 Å². The van der Waals surface area contributed by atoms with Crippen molar-refractivity contribution in [2.24, 2.45) is 0 Å². The summed E-state index contributed by atoms with van der Waals surface area (Å²) >= 11 is 1.82. The molecule has 0 aliphatic carbocycles. The summed E-state index contributed by atoms with van der Waals surface area (Å²) in [5.74, 6) is 2.54. The lowest BCUT2D eigenvalue weighted by Gasteiger charge is -2.22. The Balaban J connectivity index is 1.94. The summed E-state index contributed by atoms with van der Waals surface area (Å²) in [4.78, 5) is 12.0. The number of rotatable bonds is 3. The molecule has 1 fully saturated rings. The van der Waals surface area contributed by atoms with Gasteiger partial charge in [-0.25, -0.2) is 0 Å². The zero-order valence-electron chi connectivity index (χ0n) is 10.9. The van der Waals surface area contributed by atoms with Crippen LogP contribution in [-0.2, 0) is 4.79 Å². The molecule has 0 spiro atoms. The Hall–Kier alpha value is -1.00. The fraction of sp³-hybridized carbons (Fsp3) is 0.500. The van der Waals surface area contributed by atoms with Crippen molar-refractivity contribution in [3.63, 3.8) is 0 Å². The van der Waals surface area contributed by atoms with Crippen molar-refractivity contribution in [1.82, 2.24) is 5.32 Å². The summed E-state index contributed by atoms with van der Waals surface area (Å²) in [5.41, 5.74) is 2.17. The number of carbonyl (C=O) groups is 1. The molecule has 1 aliphatic heterocycles. The van der Waals surface area contributed by atoms with Crippen LogP contribution in [0, 0.1) is 0 Å². The van der Waals surface area contributed by atoms with Crippen LogP contribution in [0.3, 0.4) is 0 Å². The van der Waals surface area contributed by atoms with Crippen molar-refractivity contribution < 1.29 is 4.79 Å². The Kier molecular flexibility index (Phi) is 4.66. The van der Waals surface area contributed by atoms with Gasteiger partial charge in [-0.05, 0) is 23.6 Å². The molecule has 0 saturated carbocycles. The summed E-state index contributed by atoms with van der Waals surface area (Å²) in [6.07, 6.45) is 0. The Bertz CT molecular complexity index is 397. The highest BCUT2D eigenvalue weighted by molar-refractivity contribution is 7.99. The highest BCUT2D eigenvalue weighted by Gasteiger charge is 2.20. The Morgan fingerprint density at radius 2 is 2.11 bits per heavy atom. The largest absolute Gasteiger partial charge is 0.325 e. The third kappa shape index (κ3) is 3.50. The Morgan fingerprint density at radius 1 is 1.39 bits per heavy atom. The van der Waals surface area contributed by atoms with Gasteiger partial charge >= 0.3 is 0 Å². The minimum Gasteiger partial charge on any atom is -0.325 e. The van der Waals surface area contributed by atoms with E-state index in [9.17, 15) is 4.79 Å². The van der Waals surface area contributed by atoms with E-state index < -0.39 is 0 Å². The highest BCUT2D eigenvalue weighted by Crippen LogP contribution is 2.17. The van der Waals surface area contributed by atoms with Gasteiger partial charge in [-0.3, -0.25) is 4.79 Å². The summed E-state index contributed by atoms with van der Waals surface area (Å²) in [6, 6.07) is 8.03. The van der Waals surface area contributed by atoms with Gasteiger partial charge in [0.25, 0.3) is 0 Å². The predicted molar refractivity (Wildman–Crippen MR) is 78.3 cm³/mol. The Labute approximate surface area is 113 Å². The number of thioether (sulfide) groups is 1. The van der Waals surface area contributed by atoms with Crippen LogP contribution in [0.1, 0.15) is 25.3 Å². The minimum absolute atomic E-state index is 0.0616. The average molecular weight is 264 g/mol. The van der Waals surface area contributed by atoms with E-state index in [1.54, 1.807) is 0 Å². The maximum Gasteiger partial charge on any atom is 0.242 e. The lowest BCUT2D eigenvalue weighted by Crippen LogP contribution is -2.46. The van der Waals surface area contributed by atoms with Gasteiger partial charge in [0.1, 0.15) is 0 Å². The molecule has 4 heteroatoms. The van der Waals surface area contributed by atoms with E-state index in [1.807, 2.05) is 23.9 Å². The van der Waals surface area contributed by atoms with E-state index in [2.05, 4.69) is 36.6 Å². The van der Waals surface area contributed by atoms with Crippen molar-refractivity contribution in [3.8, 4) is 0 Å². The smallest absolute Gasteiger partial charge is 0.242 e. The van der Waals surface area contributed by atoms with Gasteiger partial charge in [-0.1, -0.05) is 26.0 Å². The lowest BCUT2D eigenvalue weighted by molar-refractivity contribution is -0.117. The topological polar surface area (TPSA) is 41.1 Å². The van der Waals surface area contributed by atoms with Crippen LogP contribution in [0.5, 0.6) is 0 Å². The van der Waals surface area contributed by atoms with Crippen molar-refractivity contribution >= 4 is 23.4 Å². The lowest BCUT2D eigenvalue weighted by atomic mass is 10.0. The molecule has 1 aromatic carbocycles. The van der Waals surface area contributed by atoms with Crippen LogP contribution >= 0.6 is 11.8 Å². The van der Waals surface area contributed by atoms with Crippen LogP contribution < -0.4 is 10.6 Å². The van der Waals surface area contributed by atoms with Crippen LogP contribution in [0.2, 0.25) is 0 Å². The molecule has 0 bridgehead atoms. The predicted octanol–water partition coefficient (Wildman–Crippen LogP) is 2.45. The zero-order valence-corrected chi connectivity index (χ0v) is 11.7. The first kappa shape index (κ1) is 13.4. The molecule has 1 amide bonds. The number of nitrogens with one attached hydrogen (secondary N) is 2. The van der Waals surface area contributed by atoms with Crippen molar-refractivity contribution in [2.75, 3.05) is 23.4 Å². The maximum atomic E-state index is 12.0. The van der Waals surface area contributed by atoms with E-state index in [4.69, 9.17) is 0 Å². The summed E-state index contributed by atoms with van der Waals surface area (Å²) < 4.78 is 0. The first-order valence-corrected chi connectivity index (χ1v) is 7.54. The van der Waals surface area contributed by atoms with E-state index >= 15 is 0 Å². The van der Waals surface area contributed by atoms with Crippen molar-refractivity contribution in [1.29, 1.82) is 0 Å². The second kappa shape index (κ2) is 6.25. The molecule has 1 aromatic rings. The number of anilines is 1. The summed E-state index contributed by atoms with van der Waals surface area (Å²) in [5, 5.41) is 6.20. The molecule has 2 N–H and O–H groups in total. The molecule has 1 aliphatic rings. The van der Waals surface area contributed by atoms with Gasteiger partial charge in [-0.2, -0.15) is 11.8 Å². The number of hydrogen-bond donors (Lipinski definition) is 2. The quantitative estimate of drug-likeness (QED) is 0.881. The van der Waals surface area contributed by atoms with Gasteiger partial charge in [0.2, 0.25) is 5.91 Å². The molecular weight excluding hydrogens is 244 g/mol. The number of amides is 1. The van der Waals surface area contributed by atoms with Crippen molar-refractivity contribution in [3.05, 3.63) is 29.8 Å². The van der Waals surface area contributed by atoms with Crippen LogP contribution in [0.25, 0.3) is 0 Å². The van der Waals surface area contributed by atoms with Crippen LogP contribution in [0.15, 0.2) is 24.3 Å². The first-order valence-electron chi connectivity index (χ1n) is 6.39. The second-order valence-corrected chi connectivity index (χ2v) is 6.00. The van der Waals surface area contributed by atoms with Gasteiger partial charge in [0.05, 0.1) is 6.04 Å². The molecule has 2 rings (SSSR count). The minimum atomic E-state index is -0.0616. The molecule has 1 saturated heterocycles. The number of benzene rings is 1. The van der Waals surface area contributed by atoms with Crippen molar-refractivity contribution in [2.45, 2.75) is 25.8 Å². The highest BCUT2D eigenvalue weighted by atomic mass is 32.2. The zero-order chi connectivity index (χ0) is 13.0. The van der Waals surface area contributed by atoms with E-state index in [0.29, 0.717) is 5.92 Å². The molecule has 98 valence electrons. The third-order valence-electron chi connectivity index (χ3n) is 3.08. The SMILES string of the molecule is CC(C)c1ccc(NC(=O)C2CSCCN2)cc1. The molecule has 0 aromatic heterocycles. The van der Waals surface area contributed by atoms with Crippen LogP contribution in [0.4, 0.5) is 5.69 Å². The van der Waals surface area contributed by atoms with E-state index in [0.717, 1.165) is 23.7 Å².